The summed E-state index contributed by atoms with van der Waals surface area (Å²) in [6.07, 6.45) is 1.93. The molecule has 1 amide bonds. The zero-order valence-electron chi connectivity index (χ0n) is 11.1. The first-order chi connectivity index (χ1) is 10.3. The lowest BCUT2D eigenvalue weighted by atomic mass is 10.3. The number of aromatic nitrogens is 3. The average Bonchev–Trinajstić information content (AvgIpc) is 3.14. The highest BCUT2D eigenvalue weighted by Crippen LogP contribution is 2.09. The van der Waals surface area contributed by atoms with E-state index in [0.29, 0.717) is 13.0 Å². The number of hydrogen-bond acceptors (Lipinski definition) is 5. The van der Waals surface area contributed by atoms with Crippen LogP contribution in [0.1, 0.15) is 11.3 Å². The zero-order valence-corrected chi connectivity index (χ0v) is 12.0. The van der Waals surface area contributed by atoms with Gasteiger partial charge in [0.25, 0.3) is 0 Å². The Hall–Kier alpha value is -2.54. The van der Waals surface area contributed by atoms with E-state index >= 15 is 0 Å². The number of amides is 1. The van der Waals surface area contributed by atoms with Crippen molar-refractivity contribution in [2.24, 2.45) is 5.10 Å². The average molecular weight is 299 g/mol. The fourth-order valence-corrected chi connectivity index (χ4v) is 2.46. The SMILES string of the molecule is O=C(CCn1nnc2ccccc21)N/N=C\c1cccs1. The Bertz CT molecular complexity index is 763. The fourth-order valence-electron chi connectivity index (χ4n) is 1.88. The Morgan fingerprint density at radius 2 is 2.24 bits per heavy atom. The number of para-hydroxylation sites is 1. The van der Waals surface area contributed by atoms with E-state index in [1.165, 1.54) is 0 Å². The first kappa shape index (κ1) is 13.4. The number of aryl methyl sites for hydroxylation is 1. The second-order valence-electron chi connectivity index (χ2n) is 4.36. The maximum Gasteiger partial charge on any atom is 0.241 e. The van der Waals surface area contributed by atoms with E-state index in [9.17, 15) is 4.79 Å². The van der Waals surface area contributed by atoms with E-state index in [4.69, 9.17) is 0 Å². The molecule has 0 saturated carbocycles. The molecule has 0 aliphatic carbocycles. The quantitative estimate of drug-likeness (QED) is 0.579. The Labute approximate surface area is 125 Å². The fraction of sp³-hybridized carbons (Fsp3) is 0.143. The number of fused-ring (bicyclic) bond motifs is 1. The molecule has 6 nitrogen and oxygen atoms in total. The maximum atomic E-state index is 11.7. The minimum Gasteiger partial charge on any atom is -0.273 e. The Balaban J connectivity index is 1.54. The topological polar surface area (TPSA) is 72.2 Å². The first-order valence-corrected chi connectivity index (χ1v) is 7.34. The molecule has 3 rings (SSSR count). The molecule has 1 aromatic carbocycles. The lowest BCUT2D eigenvalue weighted by Crippen LogP contribution is -2.19. The van der Waals surface area contributed by atoms with Gasteiger partial charge in [-0.15, -0.1) is 16.4 Å². The highest BCUT2D eigenvalue weighted by atomic mass is 32.1. The van der Waals surface area contributed by atoms with Crippen LogP contribution < -0.4 is 5.43 Å². The molecule has 3 aromatic rings. The van der Waals surface area contributed by atoms with Crippen molar-refractivity contribution in [3.05, 3.63) is 46.7 Å². The third-order valence-electron chi connectivity index (χ3n) is 2.90. The predicted octanol–water partition coefficient (Wildman–Crippen LogP) is 2.03. The smallest absolute Gasteiger partial charge is 0.241 e. The van der Waals surface area contributed by atoms with E-state index in [-0.39, 0.29) is 5.91 Å². The van der Waals surface area contributed by atoms with Gasteiger partial charge in [0.2, 0.25) is 5.91 Å². The van der Waals surface area contributed by atoms with Gasteiger partial charge in [-0.05, 0) is 23.6 Å². The summed E-state index contributed by atoms with van der Waals surface area (Å²) < 4.78 is 1.72. The summed E-state index contributed by atoms with van der Waals surface area (Å²) in [6, 6.07) is 11.5. The largest absolute Gasteiger partial charge is 0.273 e. The molecule has 0 bridgehead atoms. The van der Waals surface area contributed by atoms with Crippen molar-refractivity contribution in [2.75, 3.05) is 0 Å². The number of nitrogens with one attached hydrogen (secondary N) is 1. The molecule has 0 unspecified atom stereocenters. The van der Waals surface area contributed by atoms with Crippen LogP contribution in [0.5, 0.6) is 0 Å². The zero-order chi connectivity index (χ0) is 14.5. The van der Waals surface area contributed by atoms with Gasteiger partial charge in [-0.25, -0.2) is 10.1 Å². The highest BCUT2D eigenvalue weighted by molar-refractivity contribution is 7.11. The second-order valence-corrected chi connectivity index (χ2v) is 5.34. The van der Waals surface area contributed by atoms with Crippen LogP contribution in [-0.2, 0) is 11.3 Å². The van der Waals surface area contributed by atoms with Crippen LogP contribution in [0.15, 0.2) is 46.9 Å². The van der Waals surface area contributed by atoms with Crippen molar-refractivity contribution in [1.29, 1.82) is 0 Å². The molecule has 0 spiro atoms. The molecular weight excluding hydrogens is 286 g/mol. The summed E-state index contributed by atoms with van der Waals surface area (Å²) in [5, 5.41) is 14.0. The molecule has 2 aromatic heterocycles. The molecule has 1 N–H and O–H groups in total. The summed E-state index contributed by atoms with van der Waals surface area (Å²) in [4.78, 5) is 12.7. The molecule has 106 valence electrons. The monoisotopic (exact) mass is 299 g/mol. The van der Waals surface area contributed by atoms with E-state index in [0.717, 1.165) is 15.9 Å². The van der Waals surface area contributed by atoms with Crippen molar-refractivity contribution in [3.8, 4) is 0 Å². The molecule has 0 aliphatic heterocycles. The molecule has 2 heterocycles. The molecule has 21 heavy (non-hydrogen) atoms. The van der Waals surface area contributed by atoms with Gasteiger partial charge in [-0.1, -0.05) is 23.4 Å². The minimum absolute atomic E-state index is 0.151. The van der Waals surface area contributed by atoms with E-state index in [1.807, 2.05) is 41.8 Å². The van der Waals surface area contributed by atoms with E-state index in [1.54, 1.807) is 22.2 Å². The van der Waals surface area contributed by atoms with Crippen molar-refractivity contribution in [3.63, 3.8) is 0 Å². The van der Waals surface area contributed by atoms with Gasteiger partial charge in [-0.2, -0.15) is 5.10 Å². The number of carbonyl (C=O) groups excluding carboxylic acids is 1. The van der Waals surface area contributed by atoms with Crippen LogP contribution in [0, 0.1) is 0 Å². The third kappa shape index (κ3) is 3.32. The summed E-state index contributed by atoms with van der Waals surface area (Å²) in [5.74, 6) is -0.151. The first-order valence-electron chi connectivity index (χ1n) is 6.46. The summed E-state index contributed by atoms with van der Waals surface area (Å²) >= 11 is 1.56. The van der Waals surface area contributed by atoms with Crippen molar-refractivity contribution in [2.45, 2.75) is 13.0 Å². The van der Waals surface area contributed by atoms with Gasteiger partial charge in [0, 0.05) is 11.3 Å². The second kappa shape index (κ2) is 6.27. The molecule has 0 atom stereocenters. The lowest BCUT2D eigenvalue weighted by Gasteiger charge is -2.01. The van der Waals surface area contributed by atoms with Crippen LogP contribution in [-0.4, -0.2) is 27.1 Å². The molecule has 0 saturated heterocycles. The predicted molar refractivity (Wildman–Crippen MR) is 82.2 cm³/mol. The number of benzene rings is 1. The minimum atomic E-state index is -0.151. The third-order valence-corrected chi connectivity index (χ3v) is 3.70. The number of hydrogen-bond donors (Lipinski definition) is 1. The number of thiophene rings is 1. The Kier molecular flexibility index (Phi) is 4.02. The van der Waals surface area contributed by atoms with E-state index in [2.05, 4.69) is 20.8 Å². The Morgan fingerprint density at radius 1 is 1.33 bits per heavy atom. The van der Waals surface area contributed by atoms with Crippen LogP contribution >= 0.6 is 11.3 Å². The van der Waals surface area contributed by atoms with Gasteiger partial charge < -0.3 is 0 Å². The summed E-state index contributed by atoms with van der Waals surface area (Å²) in [5.41, 5.74) is 4.26. The van der Waals surface area contributed by atoms with Gasteiger partial charge in [0.05, 0.1) is 18.3 Å². The normalized spacial score (nSPS) is 11.2. The summed E-state index contributed by atoms with van der Waals surface area (Å²) in [6.45, 7) is 0.473. The number of rotatable bonds is 5. The molecular formula is C14H13N5OS. The number of carbonyl (C=O) groups is 1. The van der Waals surface area contributed by atoms with Gasteiger partial charge in [0.1, 0.15) is 5.52 Å². The summed E-state index contributed by atoms with van der Waals surface area (Å²) in [7, 11) is 0. The van der Waals surface area contributed by atoms with Crippen LogP contribution in [0.3, 0.4) is 0 Å². The molecule has 0 fully saturated rings. The molecule has 0 radical (unpaired) electrons. The maximum absolute atomic E-state index is 11.7. The molecule has 7 heteroatoms. The van der Waals surface area contributed by atoms with Crippen molar-refractivity contribution >= 4 is 34.5 Å². The van der Waals surface area contributed by atoms with Gasteiger partial charge in [0.15, 0.2) is 0 Å². The van der Waals surface area contributed by atoms with Gasteiger partial charge in [-0.3, -0.25) is 4.79 Å². The van der Waals surface area contributed by atoms with Crippen LogP contribution in [0.4, 0.5) is 0 Å². The number of hydrazone groups is 1. The van der Waals surface area contributed by atoms with Crippen LogP contribution in [0.2, 0.25) is 0 Å². The van der Waals surface area contributed by atoms with Crippen molar-refractivity contribution in [1.82, 2.24) is 20.4 Å². The van der Waals surface area contributed by atoms with Crippen LogP contribution in [0.25, 0.3) is 11.0 Å². The lowest BCUT2D eigenvalue weighted by molar-refractivity contribution is -0.121. The standard InChI is InChI=1S/C14H13N5OS/c20-14(17-15-10-11-4-3-9-21-11)7-8-19-13-6-2-1-5-12(13)16-18-19/h1-6,9-10H,7-8H2,(H,17,20)/b15-10-. The Morgan fingerprint density at radius 3 is 3.10 bits per heavy atom. The molecule has 0 aliphatic rings. The number of nitrogens with zero attached hydrogens (tertiary/aromatic N) is 4. The highest BCUT2D eigenvalue weighted by Gasteiger charge is 2.05. The van der Waals surface area contributed by atoms with E-state index < -0.39 is 0 Å². The van der Waals surface area contributed by atoms with Crippen molar-refractivity contribution < 1.29 is 4.79 Å². The van der Waals surface area contributed by atoms with Gasteiger partial charge >= 0.3 is 0 Å².